The molecule has 158 valence electrons. The molecule has 0 saturated carbocycles. The molecule has 0 bridgehead atoms. The fourth-order valence-corrected chi connectivity index (χ4v) is 4.26. The van der Waals surface area contributed by atoms with Crippen LogP contribution in [0, 0.1) is 13.8 Å². The van der Waals surface area contributed by atoms with Crippen LogP contribution in [-0.2, 0) is 0 Å². The summed E-state index contributed by atoms with van der Waals surface area (Å²) >= 11 is 1.57. The van der Waals surface area contributed by atoms with Crippen LogP contribution in [0.25, 0.3) is 10.2 Å². The van der Waals surface area contributed by atoms with Crippen molar-refractivity contribution < 1.29 is 4.79 Å². The zero-order chi connectivity index (χ0) is 20.4. The molecule has 3 aromatic rings. The number of amides is 1. The second kappa shape index (κ2) is 9.69. The van der Waals surface area contributed by atoms with Crippen molar-refractivity contribution in [3.8, 4) is 0 Å². The summed E-state index contributed by atoms with van der Waals surface area (Å²) in [4.78, 5) is 22.2. The molecule has 0 aliphatic rings. The largest absolute Gasteiger partial charge is 0.309 e. The Morgan fingerprint density at radius 2 is 1.90 bits per heavy atom. The van der Waals surface area contributed by atoms with Crippen LogP contribution < -0.4 is 4.90 Å². The molecular weight excluding hydrogens is 406 g/mol. The summed E-state index contributed by atoms with van der Waals surface area (Å²) < 4.78 is 2.92. The molecule has 1 aromatic carbocycles. The average molecular weight is 436 g/mol. The van der Waals surface area contributed by atoms with Gasteiger partial charge in [-0.1, -0.05) is 17.4 Å². The molecule has 6 nitrogen and oxygen atoms in total. The first kappa shape index (κ1) is 23.3. The van der Waals surface area contributed by atoms with Crippen LogP contribution in [0.1, 0.15) is 48.1 Å². The Labute approximate surface area is 182 Å². The number of benzene rings is 1. The van der Waals surface area contributed by atoms with E-state index >= 15 is 0 Å². The molecule has 0 fully saturated rings. The van der Waals surface area contributed by atoms with Gasteiger partial charge in [-0.3, -0.25) is 14.4 Å². The quantitative estimate of drug-likeness (QED) is 0.539. The second-order valence-corrected chi connectivity index (χ2v) is 8.80. The lowest BCUT2D eigenvalue weighted by molar-refractivity contribution is 0.0974. The fraction of sp³-hybridized carbons (Fsp3) is 0.476. The van der Waals surface area contributed by atoms with Crippen LogP contribution in [0.5, 0.6) is 0 Å². The third kappa shape index (κ3) is 5.35. The molecule has 29 heavy (non-hydrogen) atoms. The van der Waals surface area contributed by atoms with Gasteiger partial charge in [0, 0.05) is 12.6 Å². The van der Waals surface area contributed by atoms with Gasteiger partial charge in [0.2, 0.25) is 0 Å². The minimum atomic E-state index is -0.0381. The summed E-state index contributed by atoms with van der Waals surface area (Å²) in [7, 11) is 4.09. The van der Waals surface area contributed by atoms with Crippen molar-refractivity contribution in [2.75, 3.05) is 32.1 Å². The normalized spacial score (nSPS) is 11.3. The zero-order valence-corrected chi connectivity index (χ0v) is 19.6. The third-order valence-electron chi connectivity index (χ3n) is 4.56. The van der Waals surface area contributed by atoms with Gasteiger partial charge in [-0.05, 0) is 78.5 Å². The van der Waals surface area contributed by atoms with E-state index in [2.05, 4.69) is 29.1 Å². The molecule has 0 radical (unpaired) electrons. The van der Waals surface area contributed by atoms with Crippen molar-refractivity contribution in [1.29, 1.82) is 0 Å². The molecule has 0 aliphatic carbocycles. The van der Waals surface area contributed by atoms with Crippen molar-refractivity contribution in [2.45, 2.75) is 40.2 Å². The Balaban J connectivity index is 0.00000300. The minimum Gasteiger partial charge on any atom is -0.309 e. The Bertz CT molecular complexity index is 979. The average Bonchev–Trinajstić information content (AvgIpc) is 3.21. The smallest absolute Gasteiger partial charge is 0.278 e. The molecule has 1 amide bonds. The lowest BCUT2D eigenvalue weighted by atomic mass is 10.2. The lowest BCUT2D eigenvalue weighted by Gasteiger charge is -2.22. The van der Waals surface area contributed by atoms with E-state index in [-0.39, 0.29) is 24.4 Å². The first-order chi connectivity index (χ1) is 13.3. The number of aryl methyl sites for hydroxylation is 2. The summed E-state index contributed by atoms with van der Waals surface area (Å²) in [5, 5.41) is 5.26. The lowest BCUT2D eigenvalue weighted by Crippen LogP contribution is -2.35. The maximum Gasteiger partial charge on any atom is 0.278 e. The molecule has 0 unspecified atom stereocenters. The van der Waals surface area contributed by atoms with Crippen LogP contribution in [0.4, 0.5) is 5.13 Å². The Morgan fingerprint density at radius 1 is 1.17 bits per heavy atom. The predicted molar refractivity (Wildman–Crippen MR) is 124 cm³/mol. The van der Waals surface area contributed by atoms with Gasteiger partial charge in [-0.25, -0.2) is 4.98 Å². The molecule has 0 atom stereocenters. The van der Waals surface area contributed by atoms with Gasteiger partial charge in [-0.15, -0.1) is 12.4 Å². The first-order valence-corrected chi connectivity index (χ1v) is 10.5. The van der Waals surface area contributed by atoms with Crippen molar-refractivity contribution in [2.24, 2.45) is 0 Å². The topological polar surface area (TPSA) is 54.3 Å². The highest BCUT2D eigenvalue weighted by atomic mass is 35.5. The number of nitrogens with zero attached hydrogens (tertiary/aromatic N) is 5. The number of carbonyl (C=O) groups excluding carboxylic acids is 1. The Morgan fingerprint density at radius 3 is 2.55 bits per heavy atom. The van der Waals surface area contributed by atoms with E-state index in [9.17, 15) is 4.79 Å². The number of rotatable bonds is 7. The zero-order valence-electron chi connectivity index (χ0n) is 18.0. The van der Waals surface area contributed by atoms with Gasteiger partial charge < -0.3 is 4.90 Å². The van der Waals surface area contributed by atoms with Crippen molar-refractivity contribution in [1.82, 2.24) is 19.7 Å². The van der Waals surface area contributed by atoms with Crippen LogP contribution in [0.15, 0.2) is 24.3 Å². The summed E-state index contributed by atoms with van der Waals surface area (Å²) in [6.45, 7) is 9.61. The molecule has 8 heteroatoms. The first-order valence-electron chi connectivity index (χ1n) is 9.66. The third-order valence-corrected chi connectivity index (χ3v) is 5.60. The van der Waals surface area contributed by atoms with Crippen LogP contribution in [0.2, 0.25) is 0 Å². The van der Waals surface area contributed by atoms with Gasteiger partial charge in [0.05, 0.1) is 15.9 Å². The van der Waals surface area contributed by atoms with Crippen LogP contribution in [-0.4, -0.2) is 52.8 Å². The number of fused-ring (bicyclic) bond motifs is 1. The molecule has 2 aromatic heterocycles. The molecule has 2 heterocycles. The molecule has 0 spiro atoms. The molecule has 0 saturated heterocycles. The van der Waals surface area contributed by atoms with E-state index < -0.39 is 0 Å². The monoisotopic (exact) mass is 435 g/mol. The van der Waals surface area contributed by atoms with Gasteiger partial charge in [0.1, 0.15) is 5.69 Å². The highest BCUT2D eigenvalue weighted by Crippen LogP contribution is 2.31. The molecule has 3 rings (SSSR count). The maximum atomic E-state index is 13.5. The number of halogens is 1. The van der Waals surface area contributed by atoms with Gasteiger partial charge in [0.25, 0.3) is 5.91 Å². The second-order valence-electron chi connectivity index (χ2n) is 7.79. The fourth-order valence-electron chi connectivity index (χ4n) is 3.17. The van der Waals surface area contributed by atoms with E-state index in [1.807, 2.05) is 56.6 Å². The number of thiazole rings is 1. The number of anilines is 1. The van der Waals surface area contributed by atoms with Crippen LogP contribution >= 0.6 is 23.7 Å². The van der Waals surface area contributed by atoms with E-state index in [1.54, 1.807) is 11.3 Å². The van der Waals surface area contributed by atoms with Crippen molar-refractivity contribution >= 4 is 45.0 Å². The molecular formula is C21H30ClN5OS. The van der Waals surface area contributed by atoms with Crippen molar-refractivity contribution in [3.63, 3.8) is 0 Å². The highest BCUT2D eigenvalue weighted by Gasteiger charge is 2.25. The number of carbonyl (C=O) groups is 1. The van der Waals surface area contributed by atoms with E-state index in [0.717, 1.165) is 34.0 Å². The predicted octanol–water partition coefficient (Wildman–Crippen LogP) is 4.71. The van der Waals surface area contributed by atoms with Gasteiger partial charge >= 0.3 is 0 Å². The van der Waals surface area contributed by atoms with E-state index in [1.165, 1.54) is 5.56 Å². The van der Waals surface area contributed by atoms with E-state index in [0.29, 0.717) is 12.2 Å². The van der Waals surface area contributed by atoms with Gasteiger partial charge in [0.15, 0.2) is 5.13 Å². The Kier molecular flexibility index (Phi) is 7.80. The maximum absolute atomic E-state index is 13.5. The minimum absolute atomic E-state index is 0. The number of hydrogen-bond acceptors (Lipinski definition) is 5. The molecule has 0 N–H and O–H groups in total. The Hall–Kier alpha value is -1.96. The van der Waals surface area contributed by atoms with Gasteiger partial charge in [-0.2, -0.15) is 5.10 Å². The highest BCUT2D eigenvalue weighted by molar-refractivity contribution is 7.22. The SMILES string of the molecule is Cc1ccc2nc(N(CCCN(C)C)C(=O)c3cc(C)nn3C(C)C)sc2c1.Cl. The summed E-state index contributed by atoms with van der Waals surface area (Å²) in [6.07, 6.45) is 0.877. The summed E-state index contributed by atoms with van der Waals surface area (Å²) in [5.74, 6) is -0.0381. The van der Waals surface area contributed by atoms with Crippen molar-refractivity contribution in [3.05, 3.63) is 41.2 Å². The molecule has 0 aliphatic heterocycles. The van der Waals surface area contributed by atoms with Crippen LogP contribution in [0.3, 0.4) is 0 Å². The van der Waals surface area contributed by atoms with E-state index in [4.69, 9.17) is 4.98 Å². The number of hydrogen-bond donors (Lipinski definition) is 0. The number of aromatic nitrogens is 3. The summed E-state index contributed by atoms with van der Waals surface area (Å²) in [6, 6.07) is 8.20. The summed E-state index contributed by atoms with van der Waals surface area (Å²) in [5.41, 5.74) is 3.60. The standard InChI is InChI=1S/C21H29N5OS.ClH/c1-14(2)26-18(13-16(4)23-26)20(27)25(11-7-10-24(5)6)21-22-17-9-8-15(3)12-19(17)28-21;/h8-9,12-14H,7,10-11H2,1-6H3;1H.